The van der Waals surface area contributed by atoms with Crippen LogP contribution in [-0.4, -0.2) is 22.3 Å². The fourth-order valence-corrected chi connectivity index (χ4v) is 4.31. The van der Waals surface area contributed by atoms with Crippen LogP contribution in [0.15, 0.2) is 84.6 Å². The Kier molecular flexibility index (Phi) is 5.30. The van der Waals surface area contributed by atoms with Crippen LogP contribution in [0.2, 0.25) is 0 Å². The topological polar surface area (TPSA) is 33.2 Å². The third-order valence-corrected chi connectivity index (χ3v) is 5.70. The highest BCUT2D eigenvalue weighted by molar-refractivity contribution is 5.75. The van der Waals surface area contributed by atoms with Gasteiger partial charge in [-0.25, -0.2) is 0 Å². The molecule has 3 aromatic rings. The second-order valence-electron chi connectivity index (χ2n) is 7.80. The van der Waals surface area contributed by atoms with Crippen molar-refractivity contribution in [1.29, 1.82) is 0 Å². The molecule has 1 amide bonds. The lowest BCUT2D eigenvalue weighted by Crippen LogP contribution is -2.39. The van der Waals surface area contributed by atoms with E-state index in [0.29, 0.717) is 6.54 Å². The molecule has 3 nitrogen and oxygen atoms in total. The molecule has 1 aliphatic rings. The molecule has 0 aliphatic carbocycles. The first-order valence-electron chi connectivity index (χ1n) is 10.1. The Morgan fingerprint density at radius 1 is 0.966 bits per heavy atom. The highest BCUT2D eigenvalue weighted by Gasteiger charge is 2.31. The van der Waals surface area contributed by atoms with Gasteiger partial charge in [-0.2, -0.15) is 0 Å². The van der Waals surface area contributed by atoms with E-state index in [1.54, 1.807) is 6.92 Å². The molecule has 0 saturated carbocycles. The Hall–Kier alpha value is -3.20. The first-order chi connectivity index (χ1) is 14.0. The van der Waals surface area contributed by atoms with Crippen molar-refractivity contribution in [2.45, 2.75) is 32.7 Å². The normalized spacial score (nSPS) is 19.0. The number of hydrogen-bond donors (Lipinski definition) is 0. The SMILES string of the molecule is CC(=O)N1C[C@H](c2cnc(-c3ccccc3)c(C)c2)C=C(C)[C@H]1c1ccccc1. The number of carbonyl (C=O) groups excluding carboxylic acids is 1. The molecule has 0 N–H and O–H groups in total. The molecular weight excluding hydrogens is 356 g/mol. The van der Waals surface area contributed by atoms with Gasteiger partial charge in [-0.15, -0.1) is 0 Å². The Balaban J connectivity index is 1.68. The predicted octanol–water partition coefficient (Wildman–Crippen LogP) is 5.69. The van der Waals surface area contributed by atoms with Gasteiger partial charge in [0.1, 0.15) is 0 Å². The van der Waals surface area contributed by atoms with Crippen LogP contribution in [0.5, 0.6) is 0 Å². The lowest BCUT2D eigenvalue weighted by Gasteiger charge is -2.39. The number of pyridine rings is 1. The van der Waals surface area contributed by atoms with E-state index in [-0.39, 0.29) is 17.9 Å². The lowest BCUT2D eigenvalue weighted by molar-refractivity contribution is -0.131. The van der Waals surface area contributed by atoms with Crippen molar-refractivity contribution in [3.8, 4) is 11.3 Å². The Morgan fingerprint density at radius 2 is 1.62 bits per heavy atom. The Morgan fingerprint density at radius 3 is 2.24 bits per heavy atom. The first-order valence-corrected chi connectivity index (χ1v) is 10.1. The molecular formula is C26H26N2O. The van der Waals surface area contributed by atoms with Crippen molar-refractivity contribution in [3.63, 3.8) is 0 Å². The maximum absolute atomic E-state index is 12.5. The van der Waals surface area contributed by atoms with Crippen LogP contribution in [0, 0.1) is 6.92 Å². The van der Waals surface area contributed by atoms with Gasteiger partial charge >= 0.3 is 0 Å². The Bertz CT molecular complexity index is 1040. The van der Waals surface area contributed by atoms with Crippen LogP contribution in [0.4, 0.5) is 0 Å². The summed E-state index contributed by atoms with van der Waals surface area (Å²) in [5.41, 5.74) is 6.80. The number of hydrogen-bond acceptors (Lipinski definition) is 2. The van der Waals surface area contributed by atoms with Crippen molar-refractivity contribution in [2.24, 2.45) is 0 Å². The quantitative estimate of drug-likeness (QED) is 0.545. The van der Waals surface area contributed by atoms with Crippen molar-refractivity contribution in [2.75, 3.05) is 6.54 Å². The minimum Gasteiger partial charge on any atom is -0.331 e. The van der Waals surface area contributed by atoms with Gasteiger partial charge in [-0.1, -0.05) is 72.8 Å². The predicted molar refractivity (Wildman–Crippen MR) is 117 cm³/mol. The van der Waals surface area contributed by atoms with E-state index in [1.165, 1.54) is 5.57 Å². The second-order valence-corrected chi connectivity index (χ2v) is 7.80. The third-order valence-electron chi connectivity index (χ3n) is 5.70. The highest BCUT2D eigenvalue weighted by Crippen LogP contribution is 2.37. The van der Waals surface area contributed by atoms with Crippen LogP contribution < -0.4 is 0 Å². The van der Waals surface area contributed by atoms with Crippen LogP contribution in [0.3, 0.4) is 0 Å². The van der Waals surface area contributed by atoms with E-state index in [0.717, 1.165) is 27.9 Å². The Labute approximate surface area is 172 Å². The minimum atomic E-state index is 0.00241. The molecule has 0 saturated heterocycles. The number of amides is 1. The first kappa shape index (κ1) is 19.1. The van der Waals surface area contributed by atoms with Gasteiger partial charge in [0, 0.05) is 31.1 Å². The summed E-state index contributed by atoms with van der Waals surface area (Å²) in [6.07, 6.45) is 4.26. The molecule has 1 aliphatic heterocycles. The van der Waals surface area contributed by atoms with Crippen molar-refractivity contribution in [3.05, 3.63) is 101 Å². The number of aryl methyl sites for hydroxylation is 1. The van der Waals surface area contributed by atoms with Gasteiger partial charge < -0.3 is 4.90 Å². The van der Waals surface area contributed by atoms with Crippen molar-refractivity contribution < 1.29 is 4.79 Å². The van der Waals surface area contributed by atoms with Crippen molar-refractivity contribution >= 4 is 5.91 Å². The van der Waals surface area contributed by atoms with Crippen LogP contribution in [0.25, 0.3) is 11.3 Å². The van der Waals surface area contributed by atoms with Gasteiger partial charge in [0.15, 0.2) is 0 Å². The summed E-state index contributed by atoms with van der Waals surface area (Å²) in [4.78, 5) is 19.2. The number of aromatic nitrogens is 1. The summed E-state index contributed by atoms with van der Waals surface area (Å²) in [6, 6.07) is 22.7. The van der Waals surface area contributed by atoms with E-state index in [9.17, 15) is 4.79 Å². The molecule has 0 radical (unpaired) electrons. The van der Waals surface area contributed by atoms with E-state index >= 15 is 0 Å². The number of nitrogens with zero attached hydrogens (tertiary/aromatic N) is 2. The molecule has 4 rings (SSSR count). The number of rotatable bonds is 3. The molecule has 1 aromatic heterocycles. The summed E-state index contributed by atoms with van der Waals surface area (Å²) < 4.78 is 0. The zero-order chi connectivity index (χ0) is 20.4. The maximum atomic E-state index is 12.5. The van der Waals surface area contributed by atoms with E-state index < -0.39 is 0 Å². The molecule has 146 valence electrons. The number of benzene rings is 2. The van der Waals surface area contributed by atoms with Gasteiger partial charge in [0.25, 0.3) is 0 Å². The van der Waals surface area contributed by atoms with Gasteiger partial charge in [-0.3, -0.25) is 9.78 Å². The summed E-state index contributed by atoms with van der Waals surface area (Å²) in [6.45, 7) is 6.55. The molecule has 0 spiro atoms. The zero-order valence-electron chi connectivity index (χ0n) is 17.2. The van der Waals surface area contributed by atoms with Gasteiger partial charge in [0.05, 0.1) is 11.7 Å². The van der Waals surface area contributed by atoms with Crippen LogP contribution >= 0.6 is 0 Å². The maximum Gasteiger partial charge on any atom is 0.220 e. The molecule has 0 bridgehead atoms. The average molecular weight is 383 g/mol. The van der Waals surface area contributed by atoms with Gasteiger partial charge in [-0.05, 0) is 36.1 Å². The van der Waals surface area contributed by atoms with E-state index in [4.69, 9.17) is 4.98 Å². The fraction of sp³-hybridized carbons (Fsp3) is 0.231. The van der Waals surface area contributed by atoms with Crippen LogP contribution in [0.1, 0.15) is 42.5 Å². The molecule has 0 unspecified atom stereocenters. The molecule has 3 heteroatoms. The van der Waals surface area contributed by atoms with Crippen molar-refractivity contribution in [1.82, 2.24) is 9.88 Å². The van der Waals surface area contributed by atoms with E-state index in [1.807, 2.05) is 47.5 Å². The fourth-order valence-electron chi connectivity index (χ4n) is 4.31. The molecule has 29 heavy (non-hydrogen) atoms. The molecule has 2 atom stereocenters. The molecule has 0 fully saturated rings. The zero-order valence-corrected chi connectivity index (χ0v) is 17.2. The van der Waals surface area contributed by atoms with Crippen LogP contribution in [-0.2, 0) is 4.79 Å². The number of carbonyl (C=O) groups is 1. The summed E-state index contributed by atoms with van der Waals surface area (Å²) in [5, 5.41) is 0. The largest absolute Gasteiger partial charge is 0.331 e. The standard InChI is InChI=1S/C26H26N2O/c1-18-14-23(16-27-25(18)21-10-6-4-7-11-21)24-15-19(2)26(28(17-24)20(3)29)22-12-8-5-9-13-22/h4-16,24,26H,17H2,1-3H3/t24-,26+/m1/s1. The average Bonchev–Trinajstić information content (AvgIpc) is 2.74. The smallest absolute Gasteiger partial charge is 0.220 e. The minimum absolute atomic E-state index is 0.00241. The summed E-state index contributed by atoms with van der Waals surface area (Å²) in [5.74, 6) is 0.247. The highest BCUT2D eigenvalue weighted by atomic mass is 16.2. The molecule has 2 heterocycles. The second kappa shape index (κ2) is 8.04. The summed E-state index contributed by atoms with van der Waals surface area (Å²) >= 11 is 0. The lowest BCUT2D eigenvalue weighted by atomic mass is 9.86. The van der Waals surface area contributed by atoms with Gasteiger partial charge in [0.2, 0.25) is 5.91 Å². The summed E-state index contributed by atoms with van der Waals surface area (Å²) in [7, 11) is 0. The monoisotopic (exact) mass is 382 g/mol. The molecule has 2 aromatic carbocycles. The van der Waals surface area contributed by atoms with E-state index in [2.05, 4.69) is 50.3 Å². The third kappa shape index (κ3) is 3.86.